The predicted molar refractivity (Wildman–Crippen MR) is 40.9 cm³/mol. The summed E-state index contributed by atoms with van der Waals surface area (Å²) in [5.41, 5.74) is 0. The van der Waals surface area contributed by atoms with Crippen molar-refractivity contribution in [1.82, 2.24) is 4.72 Å². The fourth-order valence-corrected chi connectivity index (χ4v) is 1.96. The van der Waals surface area contributed by atoms with Crippen LogP contribution in [0.25, 0.3) is 0 Å². The largest absolute Gasteiger partial charge is 0.481 e. The fraction of sp³-hybridized carbons (Fsp3) is 0.667. The number of aliphatic carboxylic acids is 1. The van der Waals surface area contributed by atoms with Crippen LogP contribution >= 0.6 is 11.9 Å². The van der Waals surface area contributed by atoms with Crippen LogP contribution in [-0.2, 0) is 9.59 Å². The average molecular weight is 175 g/mol. The highest BCUT2D eigenvalue weighted by atomic mass is 32.2. The Bertz CT molecular complexity index is 194. The highest BCUT2D eigenvalue weighted by Crippen LogP contribution is 2.27. The van der Waals surface area contributed by atoms with Crippen molar-refractivity contribution in [2.75, 3.05) is 0 Å². The Balaban J connectivity index is 2.71. The molecule has 0 aromatic rings. The third-order valence-electron chi connectivity index (χ3n) is 1.63. The quantitative estimate of drug-likeness (QED) is 0.466. The number of hydrogen-bond donors (Lipinski definition) is 2. The van der Waals surface area contributed by atoms with Crippen LogP contribution in [0.2, 0.25) is 0 Å². The summed E-state index contributed by atoms with van der Waals surface area (Å²) in [7, 11) is 0. The van der Waals surface area contributed by atoms with Gasteiger partial charge < -0.3 is 5.11 Å². The standard InChI is InChI=1S/C6H9NO3S/c1-2-3-4(6(9)10)5(8)7-11-3/h3-4H,2H2,1H3,(H,7,8)(H,9,10). The summed E-state index contributed by atoms with van der Waals surface area (Å²) in [4.78, 5) is 21.4. The first-order valence-corrected chi connectivity index (χ1v) is 4.23. The Hall–Kier alpha value is -0.710. The molecule has 0 aliphatic carbocycles. The second-order valence-corrected chi connectivity index (χ2v) is 3.39. The predicted octanol–water partition coefficient (Wildman–Crippen LogP) is 0.244. The maximum Gasteiger partial charge on any atom is 0.317 e. The van der Waals surface area contributed by atoms with Crippen molar-refractivity contribution in [1.29, 1.82) is 0 Å². The van der Waals surface area contributed by atoms with E-state index in [1.807, 2.05) is 6.92 Å². The van der Waals surface area contributed by atoms with Gasteiger partial charge in [0, 0.05) is 5.25 Å². The molecule has 1 heterocycles. The first-order valence-electron chi connectivity index (χ1n) is 3.35. The van der Waals surface area contributed by atoms with E-state index in [2.05, 4.69) is 4.72 Å². The molecule has 2 atom stereocenters. The van der Waals surface area contributed by atoms with Gasteiger partial charge in [-0.2, -0.15) is 0 Å². The van der Waals surface area contributed by atoms with Crippen molar-refractivity contribution in [2.45, 2.75) is 18.6 Å². The molecule has 2 unspecified atom stereocenters. The van der Waals surface area contributed by atoms with E-state index in [-0.39, 0.29) is 11.2 Å². The number of rotatable bonds is 2. The lowest BCUT2D eigenvalue weighted by atomic mass is 10.0. The van der Waals surface area contributed by atoms with Gasteiger partial charge in [0.25, 0.3) is 0 Å². The Morgan fingerprint density at radius 2 is 2.45 bits per heavy atom. The number of nitrogens with one attached hydrogen (secondary N) is 1. The van der Waals surface area contributed by atoms with E-state index in [1.165, 1.54) is 11.9 Å². The second-order valence-electron chi connectivity index (χ2n) is 2.35. The van der Waals surface area contributed by atoms with Crippen molar-refractivity contribution >= 4 is 23.8 Å². The first kappa shape index (κ1) is 8.39. The van der Waals surface area contributed by atoms with Gasteiger partial charge in [0.2, 0.25) is 5.91 Å². The molecule has 0 bridgehead atoms. The van der Waals surface area contributed by atoms with Crippen molar-refractivity contribution in [3.63, 3.8) is 0 Å². The Morgan fingerprint density at radius 1 is 1.82 bits per heavy atom. The highest BCUT2D eigenvalue weighted by molar-refractivity contribution is 7.99. The van der Waals surface area contributed by atoms with Crippen molar-refractivity contribution < 1.29 is 14.7 Å². The smallest absolute Gasteiger partial charge is 0.317 e. The third-order valence-corrected chi connectivity index (χ3v) is 2.86. The maximum atomic E-state index is 10.9. The SMILES string of the molecule is CCC1SNC(=O)C1C(=O)O. The molecule has 5 heteroatoms. The molecule has 62 valence electrons. The Morgan fingerprint density at radius 3 is 2.82 bits per heavy atom. The lowest BCUT2D eigenvalue weighted by Gasteiger charge is -2.06. The third kappa shape index (κ3) is 1.48. The van der Waals surface area contributed by atoms with Crippen LogP contribution in [-0.4, -0.2) is 22.2 Å². The summed E-state index contributed by atoms with van der Waals surface area (Å²) < 4.78 is 2.45. The molecule has 11 heavy (non-hydrogen) atoms. The zero-order valence-corrected chi connectivity index (χ0v) is 6.85. The lowest BCUT2D eigenvalue weighted by molar-refractivity contribution is -0.145. The van der Waals surface area contributed by atoms with E-state index in [9.17, 15) is 9.59 Å². The monoisotopic (exact) mass is 175 g/mol. The van der Waals surface area contributed by atoms with Crippen LogP contribution in [0.4, 0.5) is 0 Å². The molecule has 1 aliphatic rings. The van der Waals surface area contributed by atoms with Gasteiger partial charge in [-0.3, -0.25) is 14.3 Å². The summed E-state index contributed by atoms with van der Waals surface area (Å²) >= 11 is 1.21. The van der Waals surface area contributed by atoms with Gasteiger partial charge in [0.05, 0.1) is 0 Å². The van der Waals surface area contributed by atoms with Crippen molar-refractivity contribution in [3.8, 4) is 0 Å². The van der Waals surface area contributed by atoms with E-state index < -0.39 is 11.9 Å². The van der Waals surface area contributed by atoms with E-state index in [1.54, 1.807) is 0 Å². The van der Waals surface area contributed by atoms with Gasteiger partial charge in [-0.1, -0.05) is 6.92 Å². The average Bonchev–Trinajstić information content (AvgIpc) is 2.30. The maximum absolute atomic E-state index is 10.9. The van der Waals surface area contributed by atoms with E-state index in [0.29, 0.717) is 6.42 Å². The van der Waals surface area contributed by atoms with Crippen molar-refractivity contribution in [3.05, 3.63) is 0 Å². The normalized spacial score (nSPS) is 30.1. The molecular weight excluding hydrogens is 166 g/mol. The summed E-state index contributed by atoms with van der Waals surface area (Å²) in [6.45, 7) is 1.87. The molecule has 1 aliphatic heterocycles. The van der Waals surface area contributed by atoms with Gasteiger partial charge in [-0.05, 0) is 18.4 Å². The molecule has 1 saturated heterocycles. The Kier molecular flexibility index (Phi) is 2.38. The molecule has 0 aromatic heterocycles. The summed E-state index contributed by atoms with van der Waals surface area (Å²) in [5.74, 6) is -2.27. The van der Waals surface area contributed by atoms with Gasteiger partial charge in [-0.15, -0.1) is 0 Å². The van der Waals surface area contributed by atoms with Crippen LogP contribution in [0.1, 0.15) is 13.3 Å². The van der Waals surface area contributed by atoms with E-state index in [0.717, 1.165) is 0 Å². The minimum absolute atomic E-state index is 0.111. The zero-order chi connectivity index (χ0) is 8.43. The van der Waals surface area contributed by atoms with Crippen LogP contribution in [0.15, 0.2) is 0 Å². The number of carbonyl (C=O) groups excluding carboxylic acids is 1. The minimum atomic E-state index is -1.03. The van der Waals surface area contributed by atoms with Crippen LogP contribution in [0.3, 0.4) is 0 Å². The lowest BCUT2D eigenvalue weighted by Crippen LogP contribution is -2.29. The van der Waals surface area contributed by atoms with Crippen LogP contribution < -0.4 is 4.72 Å². The number of carboxylic acid groups (broad SMARTS) is 1. The molecule has 1 fully saturated rings. The summed E-state index contributed by atoms with van der Waals surface area (Å²) in [6.07, 6.45) is 0.695. The molecule has 4 nitrogen and oxygen atoms in total. The van der Waals surface area contributed by atoms with Gasteiger partial charge in [0.1, 0.15) is 5.92 Å². The molecule has 0 saturated carbocycles. The van der Waals surface area contributed by atoms with Crippen LogP contribution in [0.5, 0.6) is 0 Å². The minimum Gasteiger partial charge on any atom is -0.481 e. The summed E-state index contributed by atoms with van der Waals surface area (Å²) in [5, 5.41) is 8.50. The molecule has 0 aromatic carbocycles. The number of carboxylic acids is 1. The molecule has 0 spiro atoms. The molecule has 2 N–H and O–H groups in total. The molecule has 0 radical (unpaired) electrons. The molecule has 1 amide bonds. The van der Waals surface area contributed by atoms with Gasteiger partial charge in [-0.25, -0.2) is 0 Å². The number of hydrogen-bond acceptors (Lipinski definition) is 3. The highest BCUT2D eigenvalue weighted by Gasteiger charge is 2.40. The van der Waals surface area contributed by atoms with Crippen LogP contribution in [0, 0.1) is 5.92 Å². The summed E-state index contributed by atoms with van der Waals surface area (Å²) in [6, 6.07) is 0. The fourth-order valence-electron chi connectivity index (χ4n) is 1.02. The first-order chi connectivity index (χ1) is 5.16. The number of amides is 1. The van der Waals surface area contributed by atoms with Gasteiger partial charge in [0.15, 0.2) is 0 Å². The molecular formula is C6H9NO3S. The van der Waals surface area contributed by atoms with E-state index >= 15 is 0 Å². The van der Waals surface area contributed by atoms with Gasteiger partial charge >= 0.3 is 5.97 Å². The van der Waals surface area contributed by atoms with E-state index in [4.69, 9.17) is 5.11 Å². The second kappa shape index (κ2) is 3.13. The topological polar surface area (TPSA) is 66.4 Å². The van der Waals surface area contributed by atoms with Crippen molar-refractivity contribution in [2.24, 2.45) is 5.92 Å². The number of carbonyl (C=O) groups is 2. The zero-order valence-electron chi connectivity index (χ0n) is 6.03. The molecule has 1 rings (SSSR count). The Labute approximate surface area is 68.5 Å².